The SMILES string of the molecule is CN(C(=O)OC1CN(c2nc3ncc(O)cc3n3cnnc23)C1)C(C)(C)C. The maximum atomic E-state index is 12.2. The third-order valence-corrected chi connectivity index (χ3v) is 4.75. The summed E-state index contributed by atoms with van der Waals surface area (Å²) in [6, 6.07) is 1.57. The number of rotatable bonds is 2. The molecular formula is C17H21N7O3. The predicted octanol–water partition coefficient (Wildman–Crippen LogP) is 1.43. The first-order chi connectivity index (χ1) is 12.7. The van der Waals surface area contributed by atoms with Crippen LogP contribution in [0.2, 0.25) is 0 Å². The van der Waals surface area contributed by atoms with Crippen LogP contribution in [0.15, 0.2) is 18.6 Å². The molecule has 1 aliphatic heterocycles. The molecule has 1 amide bonds. The van der Waals surface area contributed by atoms with Crippen molar-refractivity contribution in [2.24, 2.45) is 0 Å². The highest BCUT2D eigenvalue weighted by Gasteiger charge is 2.35. The van der Waals surface area contributed by atoms with Crippen molar-refractivity contribution in [1.29, 1.82) is 0 Å². The van der Waals surface area contributed by atoms with E-state index >= 15 is 0 Å². The fourth-order valence-electron chi connectivity index (χ4n) is 2.81. The summed E-state index contributed by atoms with van der Waals surface area (Å²) in [5.41, 5.74) is 1.36. The van der Waals surface area contributed by atoms with E-state index in [0.717, 1.165) is 0 Å². The Morgan fingerprint density at radius 3 is 2.81 bits per heavy atom. The Balaban J connectivity index is 1.54. The van der Waals surface area contributed by atoms with Crippen molar-refractivity contribution in [2.45, 2.75) is 32.4 Å². The van der Waals surface area contributed by atoms with Gasteiger partial charge in [-0.2, -0.15) is 0 Å². The van der Waals surface area contributed by atoms with Crippen molar-refractivity contribution in [3.05, 3.63) is 18.6 Å². The van der Waals surface area contributed by atoms with Gasteiger partial charge in [0.2, 0.25) is 5.65 Å². The van der Waals surface area contributed by atoms with Gasteiger partial charge in [0.25, 0.3) is 0 Å². The fraction of sp³-hybridized carbons (Fsp3) is 0.471. The first kappa shape index (κ1) is 17.3. The number of pyridine rings is 1. The molecule has 1 N–H and O–H groups in total. The highest BCUT2D eigenvalue weighted by Crippen LogP contribution is 2.28. The first-order valence-corrected chi connectivity index (χ1v) is 8.62. The van der Waals surface area contributed by atoms with Crippen LogP contribution in [0.4, 0.5) is 10.6 Å². The molecule has 3 aromatic rings. The second-order valence-electron chi connectivity index (χ2n) is 7.64. The summed E-state index contributed by atoms with van der Waals surface area (Å²) in [4.78, 5) is 24.5. The lowest BCUT2D eigenvalue weighted by molar-refractivity contribution is 0.0365. The van der Waals surface area contributed by atoms with Gasteiger partial charge in [-0.25, -0.2) is 14.8 Å². The van der Waals surface area contributed by atoms with Gasteiger partial charge in [0, 0.05) is 18.7 Å². The molecule has 0 spiro atoms. The molecule has 4 heterocycles. The molecule has 0 aromatic carbocycles. The lowest BCUT2D eigenvalue weighted by Gasteiger charge is -2.41. The van der Waals surface area contributed by atoms with E-state index in [4.69, 9.17) is 4.74 Å². The highest BCUT2D eigenvalue weighted by atomic mass is 16.6. The van der Waals surface area contributed by atoms with Crippen LogP contribution in [0.3, 0.4) is 0 Å². The molecule has 10 nitrogen and oxygen atoms in total. The molecule has 0 aliphatic carbocycles. The smallest absolute Gasteiger partial charge is 0.410 e. The number of ether oxygens (including phenoxy) is 1. The summed E-state index contributed by atoms with van der Waals surface area (Å²) in [5, 5.41) is 17.8. The van der Waals surface area contributed by atoms with Crippen LogP contribution in [-0.4, -0.2) is 72.4 Å². The van der Waals surface area contributed by atoms with Gasteiger partial charge in [-0.1, -0.05) is 0 Å². The maximum absolute atomic E-state index is 12.2. The number of carbonyl (C=O) groups is 1. The molecule has 0 unspecified atom stereocenters. The molecule has 1 fully saturated rings. The number of hydrogen-bond donors (Lipinski definition) is 1. The molecule has 1 aliphatic rings. The van der Waals surface area contributed by atoms with E-state index in [9.17, 15) is 9.90 Å². The first-order valence-electron chi connectivity index (χ1n) is 8.62. The topological polar surface area (TPSA) is 109 Å². The minimum Gasteiger partial charge on any atom is -0.506 e. The minimum atomic E-state index is -0.344. The molecular weight excluding hydrogens is 350 g/mol. The summed E-state index contributed by atoms with van der Waals surface area (Å²) < 4.78 is 7.28. The molecule has 0 saturated carbocycles. The Morgan fingerprint density at radius 2 is 2.11 bits per heavy atom. The van der Waals surface area contributed by atoms with Gasteiger partial charge in [0.15, 0.2) is 11.5 Å². The van der Waals surface area contributed by atoms with Crippen molar-refractivity contribution in [1.82, 2.24) is 29.5 Å². The highest BCUT2D eigenvalue weighted by molar-refractivity contribution is 5.81. The van der Waals surface area contributed by atoms with Gasteiger partial charge in [-0.3, -0.25) is 4.40 Å². The Kier molecular flexibility index (Phi) is 3.79. The number of anilines is 1. The summed E-state index contributed by atoms with van der Waals surface area (Å²) in [7, 11) is 1.73. The summed E-state index contributed by atoms with van der Waals surface area (Å²) in [6.07, 6.45) is 2.34. The van der Waals surface area contributed by atoms with E-state index in [1.165, 1.54) is 6.20 Å². The van der Waals surface area contributed by atoms with Crippen LogP contribution in [0.1, 0.15) is 20.8 Å². The van der Waals surface area contributed by atoms with E-state index in [1.807, 2.05) is 25.7 Å². The molecule has 4 rings (SSSR count). The minimum absolute atomic E-state index is 0.0472. The lowest BCUT2D eigenvalue weighted by Crippen LogP contribution is -2.55. The number of nitrogens with zero attached hydrogens (tertiary/aromatic N) is 7. The van der Waals surface area contributed by atoms with Crippen molar-refractivity contribution in [2.75, 3.05) is 25.0 Å². The zero-order valence-electron chi connectivity index (χ0n) is 15.6. The molecule has 142 valence electrons. The number of carbonyl (C=O) groups excluding carboxylic acids is 1. The monoisotopic (exact) mass is 371 g/mol. The van der Waals surface area contributed by atoms with Crippen molar-refractivity contribution < 1.29 is 14.6 Å². The van der Waals surface area contributed by atoms with E-state index in [2.05, 4.69) is 20.2 Å². The normalized spacial score (nSPS) is 15.2. The second-order valence-corrected chi connectivity index (χ2v) is 7.64. The van der Waals surface area contributed by atoms with Crippen LogP contribution >= 0.6 is 0 Å². The lowest BCUT2D eigenvalue weighted by atomic mass is 10.1. The Labute approximate surface area is 155 Å². The Morgan fingerprint density at radius 1 is 1.37 bits per heavy atom. The molecule has 0 radical (unpaired) electrons. The van der Waals surface area contributed by atoms with Gasteiger partial charge in [-0.15, -0.1) is 10.2 Å². The quantitative estimate of drug-likeness (QED) is 0.721. The summed E-state index contributed by atoms with van der Waals surface area (Å²) >= 11 is 0. The van der Waals surface area contributed by atoms with E-state index in [1.54, 1.807) is 28.7 Å². The van der Waals surface area contributed by atoms with Crippen LogP contribution in [0.25, 0.3) is 16.8 Å². The largest absolute Gasteiger partial charge is 0.506 e. The van der Waals surface area contributed by atoms with Crippen LogP contribution in [0.5, 0.6) is 5.75 Å². The number of fused-ring (bicyclic) bond motifs is 3. The standard InChI is InChI=1S/C17H21N7O3/c1-17(2,3)22(4)16(26)27-11-7-23(8-11)14-15-21-19-9-24(15)12-5-10(25)6-18-13(12)20-14/h5-6,9,11,25H,7-8H2,1-4H3. The maximum Gasteiger partial charge on any atom is 0.410 e. The molecule has 27 heavy (non-hydrogen) atoms. The molecule has 0 bridgehead atoms. The zero-order chi connectivity index (χ0) is 19.3. The van der Waals surface area contributed by atoms with Gasteiger partial charge < -0.3 is 19.6 Å². The number of amides is 1. The molecule has 3 aromatic heterocycles. The second kappa shape index (κ2) is 5.93. The van der Waals surface area contributed by atoms with Crippen LogP contribution < -0.4 is 4.90 Å². The van der Waals surface area contributed by atoms with Crippen molar-refractivity contribution in [3.8, 4) is 5.75 Å². The fourth-order valence-corrected chi connectivity index (χ4v) is 2.81. The van der Waals surface area contributed by atoms with Crippen LogP contribution in [-0.2, 0) is 4.74 Å². The third-order valence-electron chi connectivity index (χ3n) is 4.75. The van der Waals surface area contributed by atoms with E-state index < -0.39 is 0 Å². The average molecular weight is 371 g/mol. The summed E-state index contributed by atoms with van der Waals surface area (Å²) in [5.74, 6) is 0.667. The predicted molar refractivity (Wildman–Crippen MR) is 97.7 cm³/mol. The average Bonchev–Trinajstić information content (AvgIpc) is 3.06. The van der Waals surface area contributed by atoms with Crippen molar-refractivity contribution >= 4 is 28.7 Å². The molecule has 10 heteroatoms. The number of aromatic hydroxyl groups is 1. The van der Waals surface area contributed by atoms with E-state index in [0.29, 0.717) is 35.7 Å². The van der Waals surface area contributed by atoms with E-state index in [-0.39, 0.29) is 23.5 Å². The number of hydrogen-bond acceptors (Lipinski definition) is 8. The number of aromatic nitrogens is 5. The third kappa shape index (κ3) is 2.96. The Bertz CT molecular complexity index is 1020. The van der Waals surface area contributed by atoms with Crippen molar-refractivity contribution in [3.63, 3.8) is 0 Å². The van der Waals surface area contributed by atoms with Gasteiger partial charge in [0.1, 0.15) is 18.2 Å². The van der Waals surface area contributed by atoms with Gasteiger partial charge >= 0.3 is 6.09 Å². The van der Waals surface area contributed by atoms with Gasteiger partial charge in [0.05, 0.1) is 24.8 Å². The molecule has 0 atom stereocenters. The Hall–Kier alpha value is -3.17. The molecule has 1 saturated heterocycles. The zero-order valence-corrected chi connectivity index (χ0v) is 15.6. The van der Waals surface area contributed by atoms with Crippen LogP contribution in [0, 0.1) is 0 Å². The summed E-state index contributed by atoms with van der Waals surface area (Å²) in [6.45, 7) is 6.89. The van der Waals surface area contributed by atoms with Gasteiger partial charge in [-0.05, 0) is 20.8 Å².